The lowest BCUT2D eigenvalue weighted by atomic mass is 9.75. The number of hydrogen-bond donors (Lipinski definition) is 1. The lowest BCUT2D eigenvalue weighted by molar-refractivity contribution is 0.279. The average Bonchev–Trinajstić information content (AvgIpc) is 2.83. The molecule has 4 heteroatoms. The highest BCUT2D eigenvalue weighted by molar-refractivity contribution is 5.37. The molecule has 2 aromatic rings. The van der Waals surface area contributed by atoms with Gasteiger partial charge in [0.15, 0.2) is 0 Å². The third-order valence-electron chi connectivity index (χ3n) is 4.19. The van der Waals surface area contributed by atoms with Gasteiger partial charge in [-0.3, -0.25) is 0 Å². The van der Waals surface area contributed by atoms with Gasteiger partial charge in [-0.1, -0.05) is 18.2 Å². The molecule has 1 saturated carbocycles. The Morgan fingerprint density at radius 1 is 1.35 bits per heavy atom. The van der Waals surface area contributed by atoms with E-state index in [4.69, 9.17) is 4.74 Å². The van der Waals surface area contributed by atoms with Gasteiger partial charge in [0, 0.05) is 25.5 Å². The van der Waals surface area contributed by atoms with Crippen molar-refractivity contribution in [2.45, 2.75) is 31.3 Å². The van der Waals surface area contributed by atoms with E-state index in [1.54, 1.807) is 7.11 Å². The summed E-state index contributed by atoms with van der Waals surface area (Å²) < 4.78 is 7.50. The van der Waals surface area contributed by atoms with Crippen LogP contribution in [-0.4, -0.2) is 22.7 Å². The summed E-state index contributed by atoms with van der Waals surface area (Å²) in [6, 6.07) is 8.92. The van der Waals surface area contributed by atoms with E-state index in [-0.39, 0.29) is 0 Å². The van der Waals surface area contributed by atoms with Crippen LogP contribution in [0, 0.1) is 0 Å². The van der Waals surface area contributed by atoms with Crippen LogP contribution in [0.5, 0.6) is 5.75 Å². The summed E-state index contributed by atoms with van der Waals surface area (Å²) in [5.74, 6) is 2.72. The molecule has 1 aromatic carbocycles. The molecule has 0 radical (unpaired) electrons. The first-order valence-electron chi connectivity index (χ1n) is 7.10. The summed E-state index contributed by atoms with van der Waals surface area (Å²) in [7, 11) is 3.77. The van der Waals surface area contributed by atoms with Crippen LogP contribution in [0.3, 0.4) is 0 Å². The Labute approximate surface area is 119 Å². The van der Waals surface area contributed by atoms with E-state index in [0.717, 1.165) is 18.1 Å². The molecule has 20 heavy (non-hydrogen) atoms. The summed E-state index contributed by atoms with van der Waals surface area (Å²) in [5, 5.41) is 3.58. The first kappa shape index (κ1) is 13.2. The number of methoxy groups -OCH3 is 1. The Hall–Kier alpha value is -1.81. The van der Waals surface area contributed by atoms with Crippen molar-refractivity contribution in [2.24, 2.45) is 7.05 Å². The Bertz CT molecular complexity index is 573. The molecule has 0 unspecified atom stereocenters. The molecule has 1 fully saturated rings. The van der Waals surface area contributed by atoms with Gasteiger partial charge in [0.05, 0.1) is 13.7 Å². The number of benzene rings is 1. The van der Waals surface area contributed by atoms with Gasteiger partial charge in [-0.25, -0.2) is 4.98 Å². The van der Waals surface area contributed by atoms with Gasteiger partial charge in [0.2, 0.25) is 0 Å². The fourth-order valence-electron chi connectivity index (χ4n) is 2.84. The largest absolute Gasteiger partial charge is 0.496 e. The minimum Gasteiger partial charge on any atom is -0.496 e. The molecule has 3 rings (SSSR count). The summed E-state index contributed by atoms with van der Waals surface area (Å²) in [6.45, 7) is 0.840. The zero-order valence-electron chi connectivity index (χ0n) is 12.0. The van der Waals surface area contributed by atoms with Gasteiger partial charge >= 0.3 is 0 Å². The van der Waals surface area contributed by atoms with Gasteiger partial charge in [0.25, 0.3) is 0 Å². The van der Waals surface area contributed by atoms with Crippen LogP contribution in [0.4, 0.5) is 0 Å². The number of nitrogens with zero attached hydrogens (tertiary/aromatic N) is 2. The highest BCUT2D eigenvalue weighted by atomic mass is 16.5. The van der Waals surface area contributed by atoms with Gasteiger partial charge in [0.1, 0.15) is 11.6 Å². The SMILES string of the molecule is COc1ccccc1C1CC(NCc2nccn2C)C1. The Balaban J connectivity index is 1.53. The second kappa shape index (κ2) is 5.67. The van der Waals surface area contributed by atoms with Crippen molar-refractivity contribution in [3.8, 4) is 5.75 Å². The summed E-state index contributed by atoms with van der Waals surface area (Å²) in [6.07, 6.45) is 6.17. The molecule has 1 heterocycles. The number of rotatable bonds is 5. The molecule has 1 aromatic heterocycles. The van der Waals surface area contributed by atoms with E-state index in [1.807, 2.05) is 31.6 Å². The second-order valence-electron chi connectivity index (χ2n) is 5.44. The van der Waals surface area contributed by atoms with Gasteiger partial charge in [-0.2, -0.15) is 0 Å². The van der Waals surface area contributed by atoms with Crippen LogP contribution in [0.15, 0.2) is 36.7 Å². The van der Waals surface area contributed by atoms with E-state index in [9.17, 15) is 0 Å². The normalized spacial score (nSPS) is 21.5. The van der Waals surface area contributed by atoms with Crippen molar-refractivity contribution in [3.63, 3.8) is 0 Å². The van der Waals surface area contributed by atoms with Crippen molar-refractivity contribution >= 4 is 0 Å². The van der Waals surface area contributed by atoms with Crippen molar-refractivity contribution in [2.75, 3.05) is 7.11 Å². The first-order valence-corrected chi connectivity index (χ1v) is 7.10. The van der Waals surface area contributed by atoms with E-state index in [0.29, 0.717) is 12.0 Å². The molecule has 106 valence electrons. The van der Waals surface area contributed by atoms with E-state index >= 15 is 0 Å². The maximum Gasteiger partial charge on any atom is 0.122 e. The third kappa shape index (κ3) is 2.56. The number of ether oxygens (including phenoxy) is 1. The molecule has 0 spiro atoms. The lowest BCUT2D eigenvalue weighted by Crippen LogP contribution is -2.40. The van der Waals surface area contributed by atoms with Crippen LogP contribution in [-0.2, 0) is 13.6 Å². The van der Waals surface area contributed by atoms with E-state index in [1.165, 1.54) is 18.4 Å². The molecule has 0 atom stereocenters. The van der Waals surface area contributed by atoms with Gasteiger partial charge in [-0.15, -0.1) is 0 Å². The number of para-hydroxylation sites is 1. The fourth-order valence-corrected chi connectivity index (χ4v) is 2.84. The molecule has 0 saturated heterocycles. The quantitative estimate of drug-likeness (QED) is 0.908. The summed E-state index contributed by atoms with van der Waals surface area (Å²) >= 11 is 0. The maximum atomic E-state index is 5.44. The molecule has 4 nitrogen and oxygen atoms in total. The minimum absolute atomic E-state index is 0.585. The van der Waals surface area contributed by atoms with Crippen LogP contribution < -0.4 is 10.1 Å². The van der Waals surface area contributed by atoms with Crippen molar-refractivity contribution in [1.82, 2.24) is 14.9 Å². The maximum absolute atomic E-state index is 5.44. The molecule has 0 bridgehead atoms. The van der Waals surface area contributed by atoms with Crippen LogP contribution in [0.2, 0.25) is 0 Å². The van der Waals surface area contributed by atoms with E-state index in [2.05, 4.69) is 27.0 Å². The average molecular weight is 271 g/mol. The van der Waals surface area contributed by atoms with Crippen molar-refractivity contribution in [1.29, 1.82) is 0 Å². The van der Waals surface area contributed by atoms with Crippen LogP contribution >= 0.6 is 0 Å². The number of nitrogens with one attached hydrogen (secondary N) is 1. The fraction of sp³-hybridized carbons (Fsp3) is 0.438. The number of aromatic nitrogens is 2. The molecular formula is C16H21N3O. The smallest absolute Gasteiger partial charge is 0.122 e. The summed E-state index contributed by atoms with van der Waals surface area (Å²) in [4.78, 5) is 4.33. The van der Waals surface area contributed by atoms with E-state index < -0.39 is 0 Å². The highest BCUT2D eigenvalue weighted by Crippen LogP contribution is 2.40. The van der Waals surface area contributed by atoms with Crippen molar-refractivity contribution in [3.05, 3.63) is 48.0 Å². The molecule has 1 aliphatic rings. The topological polar surface area (TPSA) is 39.1 Å². The zero-order valence-corrected chi connectivity index (χ0v) is 12.0. The van der Waals surface area contributed by atoms with Gasteiger partial charge < -0.3 is 14.6 Å². The standard InChI is InChI=1S/C16H21N3O/c1-19-8-7-17-16(19)11-18-13-9-12(10-13)14-5-3-4-6-15(14)20-2/h3-8,12-13,18H,9-11H2,1-2H3. The van der Waals surface area contributed by atoms with Gasteiger partial charge in [-0.05, 0) is 30.4 Å². The predicted octanol–water partition coefficient (Wildman–Crippen LogP) is 2.46. The molecule has 1 N–H and O–H groups in total. The zero-order chi connectivity index (χ0) is 13.9. The monoisotopic (exact) mass is 271 g/mol. The van der Waals surface area contributed by atoms with Crippen LogP contribution in [0.1, 0.15) is 30.1 Å². The molecule has 1 aliphatic carbocycles. The molecular weight excluding hydrogens is 250 g/mol. The Kier molecular flexibility index (Phi) is 3.74. The first-order chi connectivity index (χ1) is 9.78. The minimum atomic E-state index is 0.585. The molecule has 0 aliphatic heterocycles. The second-order valence-corrected chi connectivity index (χ2v) is 5.44. The Morgan fingerprint density at radius 2 is 2.15 bits per heavy atom. The predicted molar refractivity (Wildman–Crippen MR) is 78.8 cm³/mol. The van der Waals surface area contributed by atoms with Crippen LogP contribution in [0.25, 0.3) is 0 Å². The molecule has 0 amide bonds. The lowest BCUT2D eigenvalue weighted by Gasteiger charge is -2.37. The highest BCUT2D eigenvalue weighted by Gasteiger charge is 2.31. The number of imidazole rings is 1. The summed E-state index contributed by atoms with van der Waals surface area (Å²) in [5.41, 5.74) is 1.34. The number of aryl methyl sites for hydroxylation is 1. The Morgan fingerprint density at radius 3 is 2.85 bits per heavy atom. The number of hydrogen-bond acceptors (Lipinski definition) is 3. The third-order valence-corrected chi connectivity index (χ3v) is 4.19. The van der Waals surface area contributed by atoms with Crippen molar-refractivity contribution < 1.29 is 4.74 Å².